The Balaban J connectivity index is 1.74. The molecule has 2 atom stereocenters. The zero-order valence-electron chi connectivity index (χ0n) is 12.8. The van der Waals surface area contributed by atoms with Crippen LogP contribution in [0.1, 0.15) is 43.0 Å². The zero-order valence-corrected chi connectivity index (χ0v) is 13.6. The molecule has 116 valence electrons. The number of rotatable bonds is 6. The quantitative estimate of drug-likeness (QED) is 0.648. The van der Waals surface area contributed by atoms with Crippen LogP contribution in [0.15, 0.2) is 23.4 Å². The van der Waals surface area contributed by atoms with Gasteiger partial charge in [-0.15, -0.1) is 11.8 Å². The van der Waals surface area contributed by atoms with E-state index in [9.17, 15) is 4.79 Å². The van der Waals surface area contributed by atoms with Crippen LogP contribution in [0.2, 0.25) is 0 Å². The van der Waals surface area contributed by atoms with Gasteiger partial charge in [0.25, 0.3) is 5.91 Å². The maximum atomic E-state index is 12.1. The molecule has 21 heavy (non-hydrogen) atoms. The number of aromatic nitrogens is 1. The van der Waals surface area contributed by atoms with Gasteiger partial charge in [-0.25, -0.2) is 4.98 Å². The largest absolute Gasteiger partial charge is 0.376 e. The fourth-order valence-electron chi connectivity index (χ4n) is 2.73. The molecule has 1 fully saturated rings. The van der Waals surface area contributed by atoms with Crippen molar-refractivity contribution in [2.45, 2.75) is 43.7 Å². The average Bonchev–Trinajstić information content (AvgIpc) is 2.52. The van der Waals surface area contributed by atoms with E-state index in [-0.39, 0.29) is 5.91 Å². The summed E-state index contributed by atoms with van der Waals surface area (Å²) in [6.07, 6.45) is 8.96. The van der Waals surface area contributed by atoms with Gasteiger partial charge in [0, 0.05) is 12.7 Å². The summed E-state index contributed by atoms with van der Waals surface area (Å²) >= 11 is 1.48. The molecule has 2 rings (SSSR count). The van der Waals surface area contributed by atoms with Crippen LogP contribution in [-0.4, -0.2) is 36.4 Å². The summed E-state index contributed by atoms with van der Waals surface area (Å²) < 4.78 is 5.90. The Bertz CT molecular complexity index is 467. The molecule has 1 N–H and O–H groups in total. The van der Waals surface area contributed by atoms with Gasteiger partial charge in [-0.1, -0.05) is 19.8 Å². The van der Waals surface area contributed by atoms with E-state index >= 15 is 0 Å². The van der Waals surface area contributed by atoms with Crippen LogP contribution in [-0.2, 0) is 4.74 Å². The molecular weight excluding hydrogens is 284 g/mol. The summed E-state index contributed by atoms with van der Waals surface area (Å²) in [6, 6.07) is 3.59. The fraction of sp³-hybridized carbons (Fsp3) is 0.625. The number of amides is 1. The van der Waals surface area contributed by atoms with Crippen molar-refractivity contribution in [2.24, 2.45) is 5.92 Å². The van der Waals surface area contributed by atoms with Crippen molar-refractivity contribution in [3.8, 4) is 0 Å². The van der Waals surface area contributed by atoms with Crippen LogP contribution in [0.3, 0.4) is 0 Å². The number of hydrogen-bond acceptors (Lipinski definition) is 4. The molecule has 0 unspecified atom stereocenters. The van der Waals surface area contributed by atoms with Gasteiger partial charge in [0.15, 0.2) is 0 Å². The number of thioether (sulfide) groups is 1. The minimum atomic E-state index is -0.0762. The van der Waals surface area contributed by atoms with Crippen LogP contribution in [0, 0.1) is 5.92 Å². The summed E-state index contributed by atoms with van der Waals surface area (Å²) in [5.41, 5.74) is 0.635. The van der Waals surface area contributed by atoms with Crippen molar-refractivity contribution < 1.29 is 9.53 Å². The zero-order chi connectivity index (χ0) is 15.1. The highest BCUT2D eigenvalue weighted by Crippen LogP contribution is 2.26. The van der Waals surface area contributed by atoms with Gasteiger partial charge in [-0.3, -0.25) is 4.79 Å². The highest BCUT2D eigenvalue weighted by atomic mass is 32.2. The first-order chi connectivity index (χ1) is 10.2. The Morgan fingerprint density at radius 2 is 2.29 bits per heavy atom. The summed E-state index contributed by atoms with van der Waals surface area (Å²) in [5, 5.41) is 3.67. The minimum Gasteiger partial charge on any atom is -0.376 e. The first-order valence-corrected chi connectivity index (χ1v) is 8.83. The van der Waals surface area contributed by atoms with E-state index in [0.717, 1.165) is 11.4 Å². The van der Waals surface area contributed by atoms with Crippen molar-refractivity contribution in [3.63, 3.8) is 0 Å². The molecule has 1 aliphatic rings. The number of nitrogens with one attached hydrogen (secondary N) is 1. The highest BCUT2D eigenvalue weighted by Gasteiger charge is 2.21. The molecule has 1 saturated carbocycles. The first-order valence-electron chi connectivity index (χ1n) is 7.61. The number of ether oxygens (including phenoxy) is 1. The van der Waals surface area contributed by atoms with Crippen LogP contribution in [0.5, 0.6) is 0 Å². The maximum Gasteiger partial charge on any atom is 0.254 e. The molecule has 4 nitrogen and oxygen atoms in total. The third kappa shape index (κ3) is 4.71. The van der Waals surface area contributed by atoms with Gasteiger partial charge in [-0.05, 0) is 37.1 Å². The lowest BCUT2D eigenvalue weighted by Crippen LogP contribution is -2.32. The van der Waals surface area contributed by atoms with E-state index in [0.29, 0.717) is 30.7 Å². The Labute approximate surface area is 131 Å². The number of hydrogen-bond donors (Lipinski definition) is 1. The molecule has 1 amide bonds. The van der Waals surface area contributed by atoms with Gasteiger partial charge in [0.2, 0.25) is 0 Å². The molecule has 0 spiro atoms. The topological polar surface area (TPSA) is 51.2 Å². The van der Waals surface area contributed by atoms with Gasteiger partial charge in [-0.2, -0.15) is 0 Å². The van der Waals surface area contributed by atoms with Crippen LogP contribution in [0.4, 0.5) is 0 Å². The molecule has 1 heterocycles. The second kappa shape index (κ2) is 8.39. The summed E-state index contributed by atoms with van der Waals surface area (Å²) in [7, 11) is 0. The van der Waals surface area contributed by atoms with Crippen LogP contribution >= 0.6 is 11.8 Å². The summed E-state index contributed by atoms with van der Waals surface area (Å²) in [5.74, 6) is 0.559. The van der Waals surface area contributed by atoms with Gasteiger partial charge in [0.1, 0.15) is 5.03 Å². The molecule has 0 bridgehead atoms. The standard InChI is InChI=1S/C16H24N2O2S/c1-12-6-3-4-8-14(12)20-11-10-17-15(19)13-7-5-9-18-16(13)21-2/h5,7,9,12,14H,3-4,6,8,10-11H2,1-2H3,(H,17,19)/t12-,14-/m1/s1. The Kier molecular flexibility index (Phi) is 6.51. The predicted octanol–water partition coefficient (Wildman–Crippen LogP) is 3.13. The molecule has 1 aromatic rings. The lowest BCUT2D eigenvalue weighted by molar-refractivity contribution is -0.00294. The Morgan fingerprint density at radius 1 is 1.48 bits per heavy atom. The van der Waals surface area contributed by atoms with Crippen molar-refractivity contribution in [1.29, 1.82) is 0 Å². The molecule has 0 aliphatic heterocycles. The van der Waals surface area contributed by atoms with Gasteiger partial charge in [0.05, 0.1) is 18.3 Å². The van der Waals surface area contributed by atoms with E-state index < -0.39 is 0 Å². The number of pyridine rings is 1. The third-order valence-corrected chi connectivity index (χ3v) is 4.67. The van der Waals surface area contributed by atoms with Crippen molar-refractivity contribution in [3.05, 3.63) is 23.9 Å². The van der Waals surface area contributed by atoms with E-state index in [1.54, 1.807) is 18.3 Å². The van der Waals surface area contributed by atoms with E-state index in [1.807, 2.05) is 6.26 Å². The van der Waals surface area contributed by atoms with Crippen molar-refractivity contribution in [1.82, 2.24) is 10.3 Å². The van der Waals surface area contributed by atoms with Gasteiger partial charge >= 0.3 is 0 Å². The number of nitrogens with zero attached hydrogens (tertiary/aromatic N) is 1. The van der Waals surface area contributed by atoms with Gasteiger partial charge < -0.3 is 10.1 Å². The normalized spacial score (nSPS) is 22.0. The van der Waals surface area contributed by atoms with Crippen molar-refractivity contribution >= 4 is 17.7 Å². The first kappa shape index (κ1) is 16.3. The van der Waals surface area contributed by atoms with E-state index in [4.69, 9.17) is 4.74 Å². The second-order valence-corrected chi connectivity index (χ2v) is 6.28. The molecule has 0 saturated heterocycles. The molecule has 1 aromatic heterocycles. The predicted molar refractivity (Wildman–Crippen MR) is 85.7 cm³/mol. The van der Waals surface area contributed by atoms with Crippen molar-refractivity contribution in [2.75, 3.05) is 19.4 Å². The highest BCUT2D eigenvalue weighted by molar-refractivity contribution is 7.98. The van der Waals surface area contributed by atoms with Crippen LogP contribution in [0.25, 0.3) is 0 Å². The van der Waals surface area contributed by atoms with Crippen LogP contribution < -0.4 is 5.32 Å². The van der Waals surface area contributed by atoms with E-state index in [2.05, 4.69) is 17.2 Å². The Hall–Kier alpha value is -1.07. The number of carbonyl (C=O) groups excluding carboxylic acids is 1. The maximum absolute atomic E-state index is 12.1. The SMILES string of the molecule is CSc1ncccc1C(=O)NCCO[C@@H]1CCCC[C@H]1C. The summed E-state index contributed by atoms with van der Waals surface area (Å²) in [4.78, 5) is 16.3. The van der Waals surface area contributed by atoms with E-state index in [1.165, 1.54) is 31.0 Å². The molecule has 5 heteroatoms. The smallest absolute Gasteiger partial charge is 0.254 e. The second-order valence-electron chi connectivity index (χ2n) is 5.49. The fourth-order valence-corrected chi connectivity index (χ4v) is 3.27. The Morgan fingerprint density at radius 3 is 3.05 bits per heavy atom. The molecule has 0 radical (unpaired) electrons. The lowest BCUT2D eigenvalue weighted by atomic mass is 9.88. The molecule has 1 aliphatic carbocycles. The monoisotopic (exact) mass is 308 g/mol. The molecular formula is C16H24N2O2S. The average molecular weight is 308 g/mol. The minimum absolute atomic E-state index is 0.0762. The lowest BCUT2D eigenvalue weighted by Gasteiger charge is -2.28. The third-order valence-electron chi connectivity index (χ3n) is 3.96. The number of carbonyl (C=O) groups is 1. The summed E-state index contributed by atoms with van der Waals surface area (Å²) in [6.45, 7) is 3.38. The molecule has 0 aromatic carbocycles.